The minimum atomic E-state index is 0.176. The van der Waals surface area contributed by atoms with Gasteiger partial charge < -0.3 is 0 Å². The van der Waals surface area contributed by atoms with Gasteiger partial charge in [0.1, 0.15) is 0 Å². The van der Waals surface area contributed by atoms with E-state index in [0.29, 0.717) is 0 Å². The summed E-state index contributed by atoms with van der Waals surface area (Å²) < 4.78 is 0. The molecule has 0 heterocycles. The van der Waals surface area contributed by atoms with E-state index in [4.69, 9.17) is 11.6 Å². The Morgan fingerprint density at radius 2 is 1.50 bits per heavy atom. The van der Waals surface area contributed by atoms with Crippen LogP contribution in [0.4, 0.5) is 0 Å². The van der Waals surface area contributed by atoms with Gasteiger partial charge in [-0.05, 0) is 40.7 Å². The highest BCUT2D eigenvalue weighted by atomic mass is 79.9. The number of halogens is 2. The predicted molar refractivity (Wildman–Crippen MR) is 92.1 cm³/mol. The SMILES string of the molecule is Cc1ccc(C(Br)c2ccc(C(C)(C)C)cc2)cc1Cl. The second kappa shape index (κ2) is 5.91. The maximum atomic E-state index is 6.21. The molecule has 0 saturated carbocycles. The zero-order chi connectivity index (χ0) is 14.9. The molecule has 0 radical (unpaired) electrons. The topological polar surface area (TPSA) is 0 Å². The third-order valence-electron chi connectivity index (χ3n) is 3.56. The van der Waals surface area contributed by atoms with Crippen LogP contribution in [0.15, 0.2) is 42.5 Å². The molecule has 0 aliphatic heterocycles. The molecule has 0 aliphatic rings. The Kier molecular flexibility index (Phi) is 4.61. The van der Waals surface area contributed by atoms with Crippen LogP contribution in [-0.2, 0) is 5.41 Å². The third kappa shape index (κ3) is 3.45. The van der Waals surface area contributed by atoms with Crippen molar-refractivity contribution in [2.45, 2.75) is 37.9 Å². The fraction of sp³-hybridized carbons (Fsp3) is 0.333. The van der Waals surface area contributed by atoms with Gasteiger partial charge in [0, 0.05) is 5.02 Å². The van der Waals surface area contributed by atoms with E-state index in [2.05, 4.69) is 73.1 Å². The molecule has 2 aromatic rings. The highest BCUT2D eigenvalue weighted by Crippen LogP contribution is 2.34. The van der Waals surface area contributed by atoms with Crippen molar-refractivity contribution in [2.24, 2.45) is 0 Å². The molecular weight excluding hydrogens is 332 g/mol. The van der Waals surface area contributed by atoms with Crippen molar-refractivity contribution in [3.63, 3.8) is 0 Å². The molecule has 20 heavy (non-hydrogen) atoms. The highest BCUT2D eigenvalue weighted by molar-refractivity contribution is 9.09. The van der Waals surface area contributed by atoms with Crippen molar-refractivity contribution in [2.75, 3.05) is 0 Å². The third-order valence-corrected chi connectivity index (χ3v) is 5.02. The molecule has 0 saturated heterocycles. The maximum absolute atomic E-state index is 6.21. The quantitative estimate of drug-likeness (QED) is 0.547. The summed E-state index contributed by atoms with van der Waals surface area (Å²) in [6.45, 7) is 8.71. The van der Waals surface area contributed by atoms with E-state index in [9.17, 15) is 0 Å². The van der Waals surface area contributed by atoms with Crippen LogP contribution in [0.5, 0.6) is 0 Å². The lowest BCUT2D eigenvalue weighted by Gasteiger charge is -2.20. The van der Waals surface area contributed by atoms with Crippen LogP contribution in [-0.4, -0.2) is 0 Å². The summed E-state index contributed by atoms with van der Waals surface area (Å²) in [4.78, 5) is 0.176. The maximum Gasteiger partial charge on any atom is 0.0645 e. The van der Waals surface area contributed by atoms with E-state index >= 15 is 0 Å². The van der Waals surface area contributed by atoms with Crippen molar-refractivity contribution in [1.82, 2.24) is 0 Å². The minimum absolute atomic E-state index is 0.176. The standard InChI is InChI=1S/C18H20BrCl/c1-12-5-6-14(11-16(12)20)17(19)13-7-9-15(10-8-13)18(2,3)4/h5-11,17H,1-4H3. The smallest absolute Gasteiger partial charge is 0.0645 e. The predicted octanol–water partition coefficient (Wildman–Crippen LogP) is 6.43. The van der Waals surface area contributed by atoms with Crippen LogP contribution in [0, 0.1) is 6.92 Å². The Hall–Kier alpha value is -0.790. The van der Waals surface area contributed by atoms with Crippen LogP contribution in [0.25, 0.3) is 0 Å². The summed E-state index contributed by atoms with van der Waals surface area (Å²) in [6, 6.07) is 15.0. The van der Waals surface area contributed by atoms with Gasteiger partial charge in [0.2, 0.25) is 0 Å². The second-order valence-corrected chi connectivity index (χ2v) is 7.57. The molecule has 0 nitrogen and oxygen atoms in total. The van der Waals surface area contributed by atoms with Gasteiger partial charge in [0.25, 0.3) is 0 Å². The molecule has 106 valence electrons. The summed E-state index contributed by atoms with van der Waals surface area (Å²) in [5.74, 6) is 0. The Labute approximate surface area is 135 Å². The van der Waals surface area contributed by atoms with Crippen molar-refractivity contribution < 1.29 is 0 Å². The van der Waals surface area contributed by atoms with Gasteiger partial charge in [-0.3, -0.25) is 0 Å². The molecule has 2 rings (SSSR count). The molecule has 0 bridgehead atoms. The lowest BCUT2D eigenvalue weighted by Crippen LogP contribution is -2.10. The van der Waals surface area contributed by atoms with Crippen molar-refractivity contribution in [3.8, 4) is 0 Å². The average Bonchev–Trinajstić information content (AvgIpc) is 2.40. The van der Waals surface area contributed by atoms with Crippen LogP contribution in [0.3, 0.4) is 0 Å². The molecule has 2 heteroatoms. The first-order valence-corrected chi connectivity index (χ1v) is 8.09. The molecule has 1 unspecified atom stereocenters. The molecule has 0 N–H and O–H groups in total. The average molecular weight is 352 g/mol. The Morgan fingerprint density at radius 1 is 0.950 bits per heavy atom. The molecule has 0 aromatic heterocycles. The molecule has 0 aliphatic carbocycles. The highest BCUT2D eigenvalue weighted by Gasteiger charge is 2.15. The van der Waals surface area contributed by atoms with E-state index in [-0.39, 0.29) is 10.2 Å². The largest absolute Gasteiger partial charge is 0.0840 e. The van der Waals surface area contributed by atoms with E-state index in [0.717, 1.165) is 10.6 Å². The first kappa shape index (κ1) is 15.6. The fourth-order valence-corrected chi connectivity index (χ4v) is 2.89. The van der Waals surface area contributed by atoms with Crippen LogP contribution < -0.4 is 0 Å². The Morgan fingerprint density at radius 3 is 2.00 bits per heavy atom. The number of alkyl halides is 1. The van der Waals surface area contributed by atoms with E-state index in [1.54, 1.807) is 0 Å². The van der Waals surface area contributed by atoms with E-state index in [1.807, 2.05) is 13.0 Å². The number of aryl methyl sites for hydroxylation is 1. The molecule has 0 fully saturated rings. The van der Waals surface area contributed by atoms with Gasteiger partial charge in [-0.25, -0.2) is 0 Å². The van der Waals surface area contributed by atoms with Crippen molar-refractivity contribution in [3.05, 3.63) is 69.7 Å². The zero-order valence-electron chi connectivity index (χ0n) is 12.4. The van der Waals surface area contributed by atoms with Crippen molar-refractivity contribution in [1.29, 1.82) is 0 Å². The van der Waals surface area contributed by atoms with Crippen LogP contribution in [0.1, 0.15) is 47.9 Å². The van der Waals surface area contributed by atoms with E-state index < -0.39 is 0 Å². The summed E-state index contributed by atoms with van der Waals surface area (Å²) in [7, 11) is 0. The minimum Gasteiger partial charge on any atom is -0.0840 e. The Bertz CT molecular complexity index is 594. The summed E-state index contributed by atoms with van der Waals surface area (Å²) in [5, 5.41) is 0.818. The second-order valence-electron chi connectivity index (χ2n) is 6.24. The van der Waals surface area contributed by atoms with Gasteiger partial charge in [0.15, 0.2) is 0 Å². The monoisotopic (exact) mass is 350 g/mol. The van der Waals surface area contributed by atoms with Gasteiger partial charge in [0.05, 0.1) is 4.83 Å². The number of benzene rings is 2. The number of hydrogen-bond acceptors (Lipinski definition) is 0. The first-order valence-electron chi connectivity index (χ1n) is 6.79. The van der Waals surface area contributed by atoms with Gasteiger partial charge in [-0.2, -0.15) is 0 Å². The first-order chi connectivity index (χ1) is 9.29. The molecule has 1 atom stereocenters. The normalized spacial score (nSPS) is 13.3. The molecule has 2 aromatic carbocycles. The molecular formula is C18H20BrCl. The van der Waals surface area contributed by atoms with Crippen LogP contribution in [0.2, 0.25) is 5.02 Å². The summed E-state index contributed by atoms with van der Waals surface area (Å²) in [6.07, 6.45) is 0. The summed E-state index contributed by atoms with van der Waals surface area (Å²) in [5.41, 5.74) is 5.08. The van der Waals surface area contributed by atoms with Gasteiger partial charge >= 0.3 is 0 Å². The number of rotatable bonds is 2. The van der Waals surface area contributed by atoms with Gasteiger partial charge in [-0.1, -0.05) is 84.7 Å². The van der Waals surface area contributed by atoms with Gasteiger partial charge in [-0.15, -0.1) is 0 Å². The zero-order valence-corrected chi connectivity index (χ0v) is 14.7. The Balaban J connectivity index is 2.29. The lowest BCUT2D eigenvalue weighted by molar-refractivity contribution is 0.590. The molecule has 0 amide bonds. The summed E-state index contributed by atoms with van der Waals surface area (Å²) >= 11 is 9.98. The van der Waals surface area contributed by atoms with Crippen molar-refractivity contribution >= 4 is 27.5 Å². The lowest BCUT2D eigenvalue weighted by atomic mass is 9.86. The number of hydrogen-bond donors (Lipinski definition) is 0. The van der Waals surface area contributed by atoms with Crippen LogP contribution >= 0.6 is 27.5 Å². The molecule has 0 spiro atoms. The van der Waals surface area contributed by atoms with E-state index in [1.165, 1.54) is 16.7 Å². The fourth-order valence-electron chi connectivity index (χ4n) is 2.11.